The minimum atomic E-state index is -3.93. The summed E-state index contributed by atoms with van der Waals surface area (Å²) in [6, 6.07) is 11.3. The van der Waals surface area contributed by atoms with Crippen molar-refractivity contribution in [3.8, 4) is 0 Å². The van der Waals surface area contributed by atoms with Gasteiger partial charge < -0.3 is 15.8 Å². The maximum absolute atomic E-state index is 12.7. The Balaban J connectivity index is 0.000000328. The zero-order valence-electron chi connectivity index (χ0n) is 27.7. The topological polar surface area (TPSA) is 173 Å². The minimum Gasteiger partial charge on any atom is -0.444 e. The summed E-state index contributed by atoms with van der Waals surface area (Å²) < 4.78 is 57.1. The van der Waals surface area contributed by atoms with Crippen molar-refractivity contribution >= 4 is 50.4 Å². The molecular formula is C31H45ClN4O8S2. The predicted octanol–water partition coefficient (Wildman–Crippen LogP) is 4.40. The number of alkyl carbamates (subject to hydrolysis) is 1. The minimum absolute atomic E-state index is 0. The van der Waals surface area contributed by atoms with Crippen molar-refractivity contribution in [1.82, 2.24) is 13.9 Å². The van der Waals surface area contributed by atoms with Gasteiger partial charge in [-0.05, 0) is 55.9 Å². The van der Waals surface area contributed by atoms with Crippen molar-refractivity contribution in [2.75, 3.05) is 13.1 Å². The Hall–Kier alpha value is -3.20. The summed E-state index contributed by atoms with van der Waals surface area (Å²) in [6.45, 7) is 16.4. The second kappa shape index (κ2) is 13.5. The molecule has 0 bridgehead atoms. The van der Waals surface area contributed by atoms with Gasteiger partial charge in [0.25, 0.3) is 31.9 Å². The number of sulfonamides is 2. The van der Waals surface area contributed by atoms with Crippen molar-refractivity contribution in [2.45, 2.75) is 89.8 Å². The quantitative estimate of drug-likeness (QED) is 0.458. The molecule has 0 saturated heterocycles. The van der Waals surface area contributed by atoms with Crippen LogP contribution >= 0.6 is 12.4 Å². The smallest absolute Gasteiger partial charge is 0.407 e. The largest absolute Gasteiger partial charge is 0.444 e. The highest BCUT2D eigenvalue weighted by atomic mass is 35.5. The average molecular weight is 701 g/mol. The van der Waals surface area contributed by atoms with Gasteiger partial charge in [0.2, 0.25) is 0 Å². The molecule has 0 aromatic heterocycles. The Bertz CT molecular complexity index is 1690. The normalized spacial score (nSPS) is 18.0. The van der Waals surface area contributed by atoms with Gasteiger partial charge in [0.15, 0.2) is 0 Å². The fourth-order valence-electron chi connectivity index (χ4n) is 4.43. The van der Waals surface area contributed by atoms with Gasteiger partial charge in [0.1, 0.15) is 15.4 Å². The van der Waals surface area contributed by atoms with Crippen LogP contribution in [0, 0.1) is 10.8 Å². The molecule has 2 aromatic rings. The Kier molecular flexibility index (Phi) is 11.4. The number of rotatable bonds is 5. The predicted molar refractivity (Wildman–Crippen MR) is 177 cm³/mol. The van der Waals surface area contributed by atoms with E-state index >= 15 is 0 Å². The summed E-state index contributed by atoms with van der Waals surface area (Å²) >= 11 is 0. The van der Waals surface area contributed by atoms with Crippen LogP contribution in [0.25, 0.3) is 0 Å². The Morgan fingerprint density at radius 2 is 1.13 bits per heavy atom. The number of fused-ring (bicyclic) bond motifs is 2. The summed E-state index contributed by atoms with van der Waals surface area (Å²) in [5, 5.41) is 2.71. The Morgan fingerprint density at radius 3 is 1.48 bits per heavy atom. The first-order valence-electron chi connectivity index (χ1n) is 14.5. The molecule has 256 valence electrons. The molecule has 0 spiro atoms. The zero-order valence-corrected chi connectivity index (χ0v) is 30.1. The fourth-order valence-corrected chi connectivity index (χ4v) is 7.61. The number of benzene rings is 2. The molecule has 2 aliphatic rings. The first-order chi connectivity index (χ1) is 20.4. The molecule has 3 N–H and O–H groups in total. The van der Waals surface area contributed by atoms with E-state index in [2.05, 4.69) is 5.32 Å². The van der Waals surface area contributed by atoms with Gasteiger partial charge in [-0.15, -0.1) is 12.4 Å². The van der Waals surface area contributed by atoms with Crippen LogP contribution in [-0.2, 0) is 24.8 Å². The van der Waals surface area contributed by atoms with Gasteiger partial charge in [-0.25, -0.2) is 30.2 Å². The van der Waals surface area contributed by atoms with Gasteiger partial charge in [-0.1, -0.05) is 65.8 Å². The van der Waals surface area contributed by atoms with Crippen LogP contribution in [0.3, 0.4) is 0 Å². The van der Waals surface area contributed by atoms with Crippen LogP contribution in [0.1, 0.15) is 83.0 Å². The van der Waals surface area contributed by atoms with Crippen molar-refractivity contribution < 1.29 is 36.0 Å². The van der Waals surface area contributed by atoms with E-state index < -0.39 is 61.1 Å². The number of nitrogens with one attached hydrogen (secondary N) is 1. The van der Waals surface area contributed by atoms with Crippen LogP contribution in [0.2, 0.25) is 0 Å². The fraction of sp³-hybridized carbons (Fsp3) is 0.516. The highest BCUT2D eigenvalue weighted by Gasteiger charge is 2.44. The second-order valence-electron chi connectivity index (χ2n) is 14.2. The lowest BCUT2D eigenvalue weighted by Crippen LogP contribution is -2.52. The molecule has 0 radical (unpaired) electrons. The Labute approximate surface area is 278 Å². The number of nitrogens with two attached hydrogens (primary N) is 1. The zero-order chi connectivity index (χ0) is 34.3. The number of hydrogen-bond acceptors (Lipinski definition) is 9. The van der Waals surface area contributed by atoms with Crippen molar-refractivity contribution in [3.63, 3.8) is 0 Å². The summed E-state index contributed by atoms with van der Waals surface area (Å²) in [6.07, 6.45) is -0.654. The van der Waals surface area contributed by atoms with Gasteiger partial charge >= 0.3 is 6.09 Å². The van der Waals surface area contributed by atoms with Crippen molar-refractivity contribution in [2.24, 2.45) is 16.6 Å². The molecular weight excluding hydrogens is 656 g/mol. The van der Waals surface area contributed by atoms with Crippen LogP contribution in [0.15, 0.2) is 58.3 Å². The third kappa shape index (κ3) is 8.38. The first kappa shape index (κ1) is 39.0. The third-order valence-corrected chi connectivity index (χ3v) is 11.0. The number of amides is 3. The summed E-state index contributed by atoms with van der Waals surface area (Å²) in [5.41, 5.74) is 4.91. The highest BCUT2D eigenvalue weighted by Crippen LogP contribution is 2.33. The molecule has 2 aromatic carbocycles. The van der Waals surface area contributed by atoms with E-state index in [1.165, 1.54) is 24.3 Å². The summed E-state index contributed by atoms with van der Waals surface area (Å²) in [4.78, 5) is 37.0. The molecule has 0 saturated carbocycles. The lowest BCUT2D eigenvalue weighted by molar-refractivity contribution is 0.0446. The molecule has 2 aliphatic heterocycles. The molecule has 4 rings (SSSR count). The van der Waals surface area contributed by atoms with Crippen molar-refractivity contribution in [3.05, 3.63) is 59.7 Å². The summed E-state index contributed by atoms with van der Waals surface area (Å²) in [5.74, 6) is -1.07. The number of carbonyl (C=O) groups is 3. The number of halogens is 1. The lowest BCUT2D eigenvalue weighted by Gasteiger charge is -2.34. The molecule has 0 fully saturated rings. The maximum atomic E-state index is 12.7. The number of ether oxygens (including phenoxy) is 1. The first-order valence-corrected chi connectivity index (χ1v) is 17.3. The lowest BCUT2D eigenvalue weighted by atomic mass is 9.86. The molecule has 2 heterocycles. The van der Waals surface area contributed by atoms with E-state index in [-0.39, 0.29) is 51.8 Å². The van der Waals surface area contributed by atoms with E-state index in [1.54, 1.807) is 45.0 Å². The van der Waals surface area contributed by atoms with Crippen LogP contribution in [-0.4, -0.2) is 74.1 Å². The molecule has 15 heteroatoms. The monoisotopic (exact) mass is 700 g/mol. The number of nitrogens with zero attached hydrogens (tertiary/aromatic N) is 2. The number of carbonyl (C=O) groups excluding carboxylic acids is 3. The second-order valence-corrected chi connectivity index (χ2v) is 17.9. The molecule has 12 nitrogen and oxygen atoms in total. The van der Waals surface area contributed by atoms with Crippen LogP contribution < -0.4 is 11.1 Å². The van der Waals surface area contributed by atoms with E-state index in [1.807, 2.05) is 41.5 Å². The standard InChI is InChI=1S/C18H26N2O5S.C13H18N2O3S.ClH/c1-17(2,3)14(19-16(22)25-18(4,5)6)11-20-15(21)12-9-7-8-10-13(12)26(20,23)24;1-13(2,3)11(14)8-15-12(16)9-6-4-5-7-10(9)19(15,17)18;/h7-10,14H,11H2,1-6H3,(H,19,22);4-7,11H,8,14H2,1-3H3;1H/t14-;11-;/m11./s1. The summed E-state index contributed by atoms with van der Waals surface area (Å²) in [7, 11) is -7.68. The number of hydrogen-bond donors (Lipinski definition) is 2. The van der Waals surface area contributed by atoms with Gasteiger partial charge in [0.05, 0.1) is 30.3 Å². The molecule has 2 atom stereocenters. The molecule has 0 aliphatic carbocycles. The maximum Gasteiger partial charge on any atom is 0.407 e. The third-order valence-electron chi connectivity index (χ3n) is 7.38. The molecule has 3 amide bonds. The van der Waals surface area contributed by atoms with Crippen LogP contribution in [0.5, 0.6) is 0 Å². The van der Waals surface area contributed by atoms with E-state index in [9.17, 15) is 31.2 Å². The van der Waals surface area contributed by atoms with Gasteiger partial charge in [0, 0.05) is 6.04 Å². The average Bonchev–Trinajstić information content (AvgIpc) is 3.21. The van der Waals surface area contributed by atoms with Gasteiger partial charge in [-0.2, -0.15) is 0 Å². The Morgan fingerprint density at radius 1 is 0.739 bits per heavy atom. The molecule has 46 heavy (non-hydrogen) atoms. The highest BCUT2D eigenvalue weighted by molar-refractivity contribution is 7.90. The SMILES string of the molecule is CC(C)(C)OC(=O)N[C@H](CN1C(=O)c2ccccc2S1(=O)=O)C(C)(C)C.CC(C)(C)[C@H](N)CN1C(=O)c2ccccc2S1(=O)=O.Cl. The van der Waals surface area contributed by atoms with E-state index in [0.29, 0.717) is 0 Å². The molecule has 0 unspecified atom stereocenters. The van der Waals surface area contributed by atoms with Gasteiger partial charge in [-0.3, -0.25) is 9.59 Å². The van der Waals surface area contributed by atoms with Crippen molar-refractivity contribution in [1.29, 1.82) is 0 Å². The van der Waals surface area contributed by atoms with E-state index in [0.717, 1.165) is 8.61 Å². The van der Waals surface area contributed by atoms with E-state index in [4.69, 9.17) is 10.5 Å². The van der Waals surface area contributed by atoms with Crippen LogP contribution in [0.4, 0.5) is 4.79 Å².